The maximum Gasteiger partial charge on any atom is 0.115 e. The highest BCUT2D eigenvalue weighted by molar-refractivity contribution is 5.72. The number of nitrogens with zero attached hydrogens (tertiary/aromatic N) is 2. The highest BCUT2D eigenvalue weighted by Crippen LogP contribution is 1.84. The van der Waals surface area contributed by atoms with Gasteiger partial charge in [0.1, 0.15) is 6.34 Å². The van der Waals surface area contributed by atoms with E-state index in [2.05, 4.69) is 16.6 Å². The van der Waals surface area contributed by atoms with Gasteiger partial charge in [-0.05, 0) is 13.3 Å². The Hall–Kier alpha value is -0.920. The molecule has 50 valence electrons. The molecule has 0 aromatic rings. The third kappa shape index (κ3) is 7.08. The van der Waals surface area contributed by atoms with Gasteiger partial charge in [-0.3, -0.25) is 0 Å². The van der Waals surface area contributed by atoms with Gasteiger partial charge in [-0.1, -0.05) is 13.5 Å². The van der Waals surface area contributed by atoms with E-state index < -0.39 is 0 Å². The van der Waals surface area contributed by atoms with Crippen LogP contribution >= 0.6 is 0 Å². The van der Waals surface area contributed by atoms with Gasteiger partial charge in [0.05, 0.1) is 0 Å². The van der Waals surface area contributed by atoms with Crippen molar-refractivity contribution in [2.75, 3.05) is 0 Å². The second-order valence-corrected chi connectivity index (χ2v) is 1.72. The molecule has 2 nitrogen and oxygen atoms in total. The third-order valence-corrected chi connectivity index (χ3v) is 0.633. The quantitative estimate of drug-likeness (QED) is 0.406. The van der Waals surface area contributed by atoms with Crippen LogP contribution in [0, 0.1) is 0 Å². The first-order valence-electron chi connectivity index (χ1n) is 2.97. The molecule has 2 heteroatoms. The molecule has 0 unspecified atom stereocenters. The van der Waals surface area contributed by atoms with Crippen LogP contribution in [0.25, 0.3) is 0 Å². The van der Waals surface area contributed by atoms with E-state index in [1.165, 1.54) is 6.34 Å². The Kier molecular flexibility index (Phi) is 4.69. The largest absolute Gasteiger partial charge is 0.249 e. The topological polar surface area (TPSA) is 24.7 Å². The first-order chi connectivity index (χ1) is 4.27. The van der Waals surface area contributed by atoms with Gasteiger partial charge < -0.3 is 0 Å². The lowest BCUT2D eigenvalue weighted by Crippen LogP contribution is -1.70. The Morgan fingerprint density at radius 3 is 2.78 bits per heavy atom. The molecule has 9 heavy (non-hydrogen) atoms. The molecule has 0 aliphatic carbocycles. The summed E-state index contributed by atoms with van der Waals surface area (Å²) in [5, 5.41) is 0. The summed E-state index contributed by atoms with van der Waals surface area (Å²) >= 11 is 0. The van der Waals surface area contributed by atoms with Crippen LogP contribution in [-0.4, -0.2) is 12.6 Å². The van der Waals surface area contributed by atoms with Crippen LogP contribution in [-0.2, 0) is 0 Å². The zero-order valence-electron chi connectivity index (χ0n) is 5.96. The number of rotatable bonds is 3. The van der Waals surface area contributed by atoms with Crippen molar-refractivity contribution < 1.29 is 0 Å². The maximum absolute atomic E-state index is 3.85. The van der Waals surface area contributed by atoms with Crippen molar-refractivity contribution in [1.82, 2.24) is 0 Å². The van der Waals surface area contributed by atoms with Crippen molar-refractivity contribution in [1.29, 1.82) is 0 Å². The molecule has 0 fully saturated rings. The second kappa shape index (κ2) is 5.22. The summed E-state index contributed by atoms with van der Waals surface area (Å²) in [5.74, 6) is 0. The molecular formula is C7H12N2. The molecule has 0 aliphatic rings. The summed E-state index contributed by atoms with van der Waals surface area (Å²) in [6.45, 7) is 7.44. The van der Waals surface area contributed by atoms with Crippen molar-refractivity contribution in [2.45, 2.75) is 20.3 Å². The molecule has 0 heterocycles. The molecule has 0 N–H and O–H groups in total. The summed E-state index contributed by atoms with van der Waals surface area (Å²) in [4.78, 5) is 7.70. The molecule has 0 radical (unpaired) electrons. The van der Waals surface area contributed by atoms with Crippen LogP contribution in [0.3, 0.4) is 0 Å². The lowest BCUT2D eigenvalue weighted by atomic mass is 10.5. The van der Waals surface area contributed by atoms with E-state index in [1.807, 2.05) is 13.8 Å². The van der Waals surface area contributed by atoms with Gasteiger partial charge >= 0.3 is 0 Å². The Morgan fingerprint density at radius 1 is 1.67 bits per heavy atom. The molecule has 0 bridgehead atoms. The van der Waals surface area contributed by atoms with Crippen LogP contribution in [0.1, 0.15) is 20.3 Å². The van der Waals surface area contributed by atoms with Gasteiger partial charge in [-0.2, -0.15) is 0 Å². The maximum atomic E-state index is 3.85. The van der Waals surface area contributed by atoms with Crippen LogP contribution < -0.4 is 0 Å². The first kappa shape index (κ1) is 8.08. The molecule has 0 spiro atoms. The normalized spacial score (nSPS) is 11.3. The van der Waals surface area contributed by atoms with Crippen LogP contribution in [0.2, 0.25) is 0 Å². The van der Waals surface area contributed by atoms with Crippen molar-refractivity contribution in [3.63, 3.8) is 0 Å². The van der Waals surface area contributed by atoms with Crippen molar-refractivity contribution in [3.8, 4) is 0 Å². The molecule has 0 saturated carbocycles. The van der Waals surface area contributed by atoms with E-state index in [0.29, 0.717) is 0 Å². The molecule has 0 aromatic heterocycles. The smallest absolute Gasteiger partial charge is 0.115 e. The third-order valence-electron chi connectivity index (χ3n) is 0.633. The summed E-state index contributed by atoms with van der Waals surface area (Å²) in [7, 11) is 0. The van der Waals surface area contributed by atoms with Gasteiger partial charge in [0, 0.05) is 11.9 Å². The number of allylic oxidation sites excluding steroid dienone is 1. The summed E-state index contributed by atoms with van der Waals surface area (Å²) < 4.78 is 0. The van der Waals surface area contributed by atoms with Crippen LogP contribution in [0.15, 0.2) is 22.3 Å². The second-order valence-electron chi connectivity index (χ2n) is 1.72. The Labute approximate surface area is 56.0 Å². The average molecular weight is 124 g/mol. The summed E-state index contributed by atoms with van der Waals surface area (Å²) in [5.41, 5.74) is 0.781. The minimum atomic E-state index is 0.781. The minimum Gasteiger partial charge on any atom is -0.249 e. The average Bonchev–Trinajstić information content (AvgIpc) is 1.80. The number of hydrogen-bond donors (Lipinski definition) is 0. The molecule has 0 aliphatic heterocycles. The molecular weight excluding hydrogens is 112 g/mol. The van der Waals surface area contributed by atoms with Gasteiger partial charge in [-0.25, -0.2) is 9.98 Å². The van der Waals surface area contributed by atoms with E-state index in [-0.39, 0.29) is 0 Å². The summed E-state index contributed by atoms with van der Waals surface area (Å²) in [6.07, 6.45) is 4.25. The standard InChI is InChI=1S/C7H12N2/c1-4-5-8-6-9-7(2)3/h5-6H,2,4H2,1,3H3. The predicted molar refractivity (Wildman–Crippen MR) is 42.1 cm³/mol. The van der Waals surface area contributed by atoms with Crippen LogP contribution in [0.4, 0.5) is 0 Å². The lowest BCUT2D eigenvalue weighted by molar-refractivity contribution is 1.31. The van der Waals surface area contributed by atoms with Crippen LogP contribution in [0.5, 0.6) is 0 Å². The Balaban J connectivity index is 3.47. The minimum absolute atomic E-state index is 0.781. The Morgan fingerprint density at radius 2 is 2.33 bits per heavy atom. The van der Waals surface area contributed by atoms with Gasteiger partial charge in [0.25, 0.3) is 0 Å². The predicted octanol–water partition coefficient (Wildman–Crippen LogP) is 2.03. The lowest BCUT2D eigenvalue weighted by Gasteiger charge is -1.80. The first-order valence-corrected chi connectivity index (χ1v) is 2.97. The van der Waals surface area contributed by atoms with E-state index in [9.17, 15) is 0 Å². The molecule has 0 atom stereocenters. The van der Waals surface area contributed by atoms with Gasteiger partial charge in [-0.15, -0.1) is 0 Å². The van der Waals surface area contributed by atoms with E-state index in [0.717, 1.165) is 12.1 Å². The van der Waals surface area contributed by atoms with Crippen molar-refractivity contribution in [2.24, 2.45) is 9.98 Å². The zero-order valence-corrected chi connectivity index (χ0v) is 5.96. The van der Waals surface area contributed by atoms with E-state index in [4.69, 9.17) is 0 Å². The summed E-state index contributed by atoms with van der Waals surface area (Å²) in [6, 6.07) is 0. The van der Waals surface area contributed by atoms with E-state index in [1.54, 1.807) is 6.21 Å². The highest BCUT2D eigenvalue weighted by atomic mass is 14.8. The number of aliphatic imine (C=N–C) groups is 2. The number of hydrogen-bond acceptors (Lipinski definition) is 1. The molecule has 0 aromatic carbocycles. The Bertz CT molecular complexity index is 134. The molecule has 0 amide bonds. The molecule has 0 saturated heterocycles. The highest BCUT2D eigenvalue weighted by Gasteiger charge is 1.68. The molecule has 0 rings (SSSR count). The fourth-order valence-electron chi connectivity index (χ4n) is 0.284. The van der Waals surface area contributed by atoms with E-state index >= 15 is 0 Å². The fourth-order valence-corrected chi connectivity index (χ4v) is 0.284. The SMILES string of the molecule is C=C(C)N=CN=CCC. The monoisotopic (exact) mass is 124 g/mol. The zero-order chi connectivity index (χ0) is 7.11. The van der Waals surface area contributed by atoms with Crippen molar-refractivity contribution in [3.05, 3.63) is 12.3 Å². The van der Waals surface area contributed by atoms with Gasteiger partial charge in [0.15, 0.2) is 0 Å². The van der Waals surface area contributed by atoms with Gasteiger partial charge in [0.2, 0.25) is 0 Å². The van der Waals surface area contributed by atoms with Crippen molar-refractivity contribution >= 4 is 12.6 Å². The fraction of sp³-hybridized carbons (Fsp3) is 0.429.